The second-order valence-corrected chi connectivity index (χ2v) is 16.5. The number of amides is 2. The number of benzene rings is 4. The Morgan fingerprint density at radius 1 is 0.667 bits per heavy atom. The van der Waals surface area contributed by atoms with Gasteiger partial charge < -0.3 is 25.7 Å². The van der Waals surface area contributed by atoms with Crippen LogP contribution in [0.5, 0.6) is 0 Å². The molecule has 0 radical (unpaired) electrons. The van der Waals surface area contributed by atoms with Gasteiger partial charge in [0.2, 0.25) is 0 Å². The molecule has 0 saturated heterocycles. The third kappa shape index (κ3) is 12.0. The summed E-state index contributed by atoms with van der Waals surface area (Å²) in [5.74, 6) is -2.35. The maximum atomic E-state index is 14.0. The van der Waals surface area contributed by atoms with Gasteiger partial charge in [0.05, 0.1) is 16.7 Å². The van der Waals surface area contributed by atoms with Crippen LogP contribution in [-0.4, -0.2) is 69.9 Å². The summed E-state index contributed by atoms with van der Waals surface area (Å²) in [7, 11) is 2.07. The summed E-state index contributed by atoms with van der Waals surface area (Å²) in [6.45, 7) is 7.46. The monoisotopic (exact) mass is 830 g/mol. The zero-order valence-corrected chi connectivity index (χ0v) is 34.9. The molecule has 0 fully saturated rings. The lowest BCUT2D eigenvalue weighted by Gasteiger charge is -2.32. The molecule has 0 spiro atoms. The van der Waals surface area contributed by atoms with E-state index in [0.717, 1.165) is 97.2 Å². The number of fused-ring (bicyclic) bond motifs is 1. The number of anilines is 2. The molecule has 6 rings (SSSR count). The molecule has 11 heteroatoms. The van der Waals surface area contributed by atoms with Crippen molar-refractivity contribution in [1.82, 2.24) is 9.80 Å². The van der Waals surface area contributed by atoms with E-state index in [9.17, 15) is 24.3 Å². The summed E-state index contributed by atoms with van der Waals surface area (Å²) < 4.78 is 0. The summed E-state index contributed by atoms with van der Waals surface area (Å²) in [5.41, 5.74) is 7.60. The molecule has 2 amide bonds. The molecular formula is C49H58N4O6S. The number of carboxylic acid groups (broad SMARTS) is 2. The second kappa shape index (κ2) is 21.6. The molecule has 1 heterocycles. The Morgan fingerprint density at radius 3 is 1.85 bits per heavy atom. The number of carboxylic acids is 2. The van der Waals surface area contributed by atoms with Crippen molar-refractivity contribution in [3.05, 3.63) is 152 Å². The van der Waals surface area contributed by atoms with Gasteiger partial charge in [0.15, 0.2) is 0 Å². The van der Waals surface area contributed by atoms with Gasteiger partial charge in [-0.15, -0.1) is 11.3 Å². The fourth-order valence-corrected chi connectivity index (χ4v) is 9.09. The van der Waals surface area contributed by atoms with Crippen molar-refractivity contribution in [2.24, 2.45) is 0 Å². The molecule has 10 nitrogen and oxygen atoms in total. The van der Waals surface area contributed by atoms with E-state index in [2.05, 4.69) is 47.4 Å². The predicted octanol–water partition coefficient (Wildman–Crippen LogP) is 10.1. The lowest BCUT2D eigenvalue weighted by molar-refractivity contribution is 0.0686. The molecule has 1 aromatic heterocycles. The van der Waals surface area contributed by atoms with Crippen molar-refractivity contribution in [2.75, 3.05) is 30.8 Å². The predicted molar refractivity (Wildman–Crippen MR) is 242 cm³/mol. The number of thiophene rings is 1. The van der Waals surface area contributed by atoms with Crippen molar-refractivity contribution < 1.29 is 29.4 Å². The van der Waals surface area contributed by atoms with E-state index in [1.807, 2.05) is 66.7 Å². The molecule has 0 aliphatic heterocycles. The van der Waals surface area contributed by atoms with Gasteiger partial charge in [-0.05, 0) is 135 Å². The normalized spacial score (nSPS) is 12.2. The molecule has 0 atom stereocenters. The Bertz CT molecular complexity index is 2230. The van der Waals surface area contributed by atoms with Crippen molar-refractivity contribution in [2.45, 2.75) is 91.8 Å². The van der Waals surface area contributed by atoms with E-state index in [-0.39, 0.29) is 30.4 Å². The highest BCUT2D eigenvalue weighted by atomic mass is 32.1. The van der Waals surface area contributed by atoms with Crippen LogP contribution in [0, 0.1) is 0 Å². The first-order valence-corrected chi connectivity index (χ1v) is 21.3. The smallest absolute Gasteiger partial charge is 0.335 e. The highest BCUT2D eigenvalue weighted by Crippen LogP contribution is 2.39. The quantitative estimate of drug-likeness (QED) is 0.0645. The van der Waals surface area contributed by atoms with E-state index in [4.69, 9.17) is 5.11 Å². The van der Waals surface area contributed by atoms with Crippen LogP contribution in [0.15, 0.2) is 97.1 Å². The van der Waals surface area contributed by atoms with E-state index in [0.29, 0.717) is 40.9 Å². The fourth-order valence-electron chi connectivity index (χ4n) is 7.80. The number of rotatable bonds is 19. The summed E-state index contributed by atoms with van der Waals surface area (Å²) >= 11 is 1.51. The first-order valence-electron chi connectivity index (χ1n) is 20.5. The van der Waals surface area contributed by atoms with Gasteiger partial charge in [0.1, 0.15) is 5.00 Å². The Balaban J connectivity index is 0.00000683. The first-order chi connectivity index (χ1) is 28.5. The van der Waals surface area contributed by atoms with Crippen LogP contribution in [-0.2, 0) is 38.8 Å². The van der Waals surface area contributed by atoms with E-state index in [1.54, 1.807) is 24.3 Å². The van der Waals surface area contributed by atoms with Crippen molar-refractivity contribution in [3.8, 4) is 0 Å². The number of likely N-dealkylation sites (N-methyl/N-ethyl adjacent to an activating group) is 1. The van der Waals surface area contributed by atoms with E-state index in [1.165, 1.54) is 11.3 Å². The number of carbonyl (C=O) groups is 4. The zero-order chi connectivity index (χ0) is 41.9. The number of nitrogens with zero attached hydrogens (tertiary/aromatic N) is 2. The lowest BCUT2D eigenvalue weighted by atomic mass is 9.95. The number of aromatic carboxylic acids is 2. The highest BCUT2D eigenvalue weighted by Gasteiger charge is 2.27. The first kappa shape index (κ1) is 45.5. The summed E-state index contributed by atoms with van der Waals surface area (Å²) in [4.78, 5) is 56.2. The third-order valence-corrected chi connectivity index (χ3v) is 12.4. The maximum Gasteiger partial charge on any atom is 0.335 e. The molecule has 0 saturated carbocycles. The molecule has 1 aliphatic carbocycles. The minimum atomic E-state index is -0.939. The van der Waals surface area contributed by atoms with Crippen LogP contribution in [0.1, 0.15) is 121 Å². The minimum absolute atomic E-state index is 0. The Morgan fingerprint density at radius 2 is 1.25 bits per heavy atom. The highest BCUT2D eigenvalue weighted by molar-refractivity contribution is 7.17. The second-order valence-electron chi connectivity index (χ2n) is 15.4. The molecule has 0 bridgehead atoms. The molecule has 0 unspecified atom stereocenters. The Labute approximate surface area is 358 Å². The van der Waals surface area contributed by atoms with Crippen LogP contribution in [0.2, 0.25) is 0 Å². The van der Waals surface area contributed by atoms with E-state index < -0.39 is 11.9 Å². The number of nitrogens with one attached hydrogen (secondary N) is 2. The van der Waals surface area contributed by atoms with Gasteiger partial charge in [-0.25, -0.2) is 9.59 Å². The third-order valence-electron chi connectivity index (χ3n) is 11.2. The SMILES string of the molecule is C.CCC(CC)N(CCN(C)Cc1ccc(C(=O)O)cc1)Cc1cccc(C(=O)Nc2sc3c(c2C(=O)Nc2ccc(CCc4ccc(C(=O)O)cc4)cc2)CCCC3)c1. The van der Waals surface area contributed by atoms with Gasteiger partial charge in [0.25, 0.3) is 11.8 Å². The van der Waals surface area contributed by atoms with E-state index >= 15 is 0 Å². The number of aryl methyl sites for hydroxylation is 3. The van der Waals surface area contributed by atoms with Crippen molar-refractivity contribution >= 4 is 45.8 Å². The Hall–Kier alpha value is -5.62. The van der Waals surface area contributed by atoms with Gasteiger partial charge >= 0.3 is 11.9 Å². The topological polar surface area (TPSA) is 139 Å². The van der Waals surface area contributed by atoms with Crippen molar-refractivity contribution in [3.63, 3.8) is 0 Å². The van der Waals surface area contributed by atoms with Gasteiger partial charge in [-0.1, -0.05) is 69.8 Å². The molecule has 1 aliphatic rings. The summed E-state index contributed by atoms with van der Waals surface area (Å²) in [6, 6.07) is 29.9. The minimum Gasteiger partial charge on any atom is -0.478 e. The largest absolute Gasteiger partial charge is 0.478 e. The van der Waals surface area contributed by atoms with Crippen LogP contribution in [0.25, 0.3) is 0 Å². The maximum absolute atomic E-state index is 14.0. The zero-order valence-electron chi connectivity index (χ0n) is 34.1. The fraction of sp³-hybridized carbons (Fsp3) is 0.347. The summed E-state index contributed by atoms with van der Waals surface area (Å²) in [6.07, 6.45) is 7.28. The number of hydrogen-bond donors (Lipinski definition) is 4. The Kier molecular flexibility index (Phi) is 16.4. The van der Waals surface area contributed by atoms with Gasteiger partial charge in [-0.2, -0.15) is 0 Å². The number of hydrogen-bond acceptors (Lipinski definition) is 7. The van der Waals surface area contributed by atoms with Crippen molar-refractivity contribution in [1.29, 1.82) is 0 Å². The van der Waals surface area contributed by atoms with Gasteiger partial charge in [-0.3, -0.25) is 14.5 Å². The molecule has 4 aromatic carbocycles. The number of carbonyl (C=O) groups excluding carboxylic acids is 2. The molecular weight excluding hydrogens is 773 g/mol. The van der Waals surface area contributed by atoms with Crippen LogP contribution < -0.4 is 10.6 Å². The average Bonchev–Trinajstić information content (AvgIpc) is 3.61. The molecule has 4 N–H and O–H groups in total. The summed E-state index contributed by atoms with van der Waals surface area (Å²) in [5, 5.41) is 25.2. The molecule has 60 heavy (non-hydrogen) atoms. The molecule has 316 valence electrons. The van der Waals surface area contributed by atoms with Crippen LogP contribution in [0.4, 0.5) is 10.7 Å². The standard InChI is InChI=1S/C48H54N4O6S.CH4/c1-4-40(5-2)52(28-27-51(3)30-34-17-23-37(24-18-34)48(57)58)31-35-9-8-10-38(29-35)44(53)50-46-43(41-11-6-7-12-42(41)59-46)45(54)49-39-25-19-33(20-26-39)14-13-32-15-21-36(22-16-32)47(55)56;/h8-10,15-26,29,40H,4-7,11-14,27-28,30-31H2,1-3H3,(H,49,54)(H,50,53)(H,55,56)(H,57,58);1H4. The lowest BCUT2D eigenvalue weighted by Crippen LogP contribution is -2.39. The average molecular weight is 831 g/mol. The molecule has 5 aromatic rings. The van der Waals surface area contributed by atoms with Crippen LogP contribution >= 0.6 is 11.3 Å². The van der Waals surface area contributed by atoms with Crippen LogP contribution in [0.3, 0.4) is 0 Å². The van der Waals surface area contributed by atoms with Gasteiger partial charge in [0, 0.05) is 48.3 Å².